The Morgan fingerprint density at radius 3 is 2.70 bits per heavy atom. The first-order chi connectivity index (χ1) is 9.58. The fraction of sp³-hybridized carbons (Fsp3) is 0.0833. The largest absolute Gasteiger partial charge is 0.296 e. The van der Waals surface area contributed by atoms with Crippen LogP contribution in [0.25, 0.3) is 0 Å². The number of nitrogens with one attached hydrogen (secondary N) is 1. The highest BCUT2D eigenvalue weighted by Gasteiger charge is 2.33. The molecule has 20 heavy (non-hydrogen) atoms. The Balaban J connectivity index is 1.92. The number of fused-ring (bicyclic) bond motifs is 1. The summed E-state index contributed by atoms with van der Waals surface area (Å²) in [6, 6.07) is 4.39. The minimum atomic E-state index is -0.407. The number of rotatable bonds is 2. The molecule has 3 rings (SSSR count). The van der Waals surface area contributed by atoms with Crippen molar-refractivity contribution >= 4 is 34.2 Å². The van der Waals surface area contributed by atoms with Crippen LogP contribution in [0.15, 0.2) is 23.7 Å². The second-order valence-corrected chi connectivity index (χ2v) is 4.96. The Kier molecular flexibility index (Phi) is 2.79. The van der Waals surface area contributed by atoms with Crippen LogP contribution in [0.2, 0.25) is 0 Å². The molecule has 1 aromatic carbocycles. The average molecular weight is 288 g/mol. The molecule has 1 aromatic heterocycles. The van der Waals surface area contributed by atoms with Gasteiger partial charge in [0.2, 0.25) is 5.13 Å². The second-order valence-electron chi connectivity index (χ2n) is 4.13. The topological polar surface area (TPSA) is 92.3 Å². The maximum absolute atomic E-state index is 12.0. The van der Waals surface area contributed by atoms with Gasteiger partial charge in [-0.15, -0.1) is 10.2 Å². The molecule has 1 aliphatic heterocycles. The summed E-state index contributed by atoms with van der Waals surface area (Å²) in [5, 5.41) is 10.2. The van der Waals surface area contributed by atoms with E-state index in [2.05, 4.69) is 15.5 Å². The fourth-order valence-electron chi connectivity index (χ4n) is 1.90. The molecule has 0 atom stereocenters. The molecule has 0 bridgehead atoms. The summed E-state index contributed by atoms with van der Waals surface area (Å²) in [4.78, 5) is 36.6. The van der Waals surface area contributed by atoms with Crippen LogP contribution in [-0.2, 0) is 0 Å². The maximum Gasteiger partial charge on any atom is 0.261 e. The van der Waals surface area contributed by atoms with Gasteiger partial charge in [-0.05, 0) is 18.2 Å². The molecular weight excluding hydrogens is 280 g/mol. The van der Waals surface area contributed by atoms with Crippen molar-refractivity contribution in [1.29, 1.82) is 0 Å². The van der Waals surface area contributed by atoms with Crippen LogP contribution in [0.1, 0.15) is 31.1 Å². The number of carbonyl (C=O) groups is 3. The first kappa shape index (κ1) is 12.4. The molecule has 0 spiro atoms. The summed E-state index contributed by atoms with van der Waals surface area (Å²) in [6.45, 7) is 0. The minimum Gasteiger partial charge on any atom is -0.296 e. The number of amides is 3. The molecule has 0 saturated carbocycles. The van der Waals surface area contributed by atoms with Gasteiger partial charge in [0.25, 0.3) is 17.7 Å². The van der Waals surface area contributed by atoms with E-state index in [0.29, 0.717) is 10.7 Å². The Hall–Kier alpha value is -2.61. The van der Waals surface area contributed by atoms with Gasteiger partial charge in [-0.1, -0.05) is 11.3 Å². The Morgan fingerprint density at radius 1 is 1.25 bits per heavy atom. The molecule has 0 radical (unpaired) electrons. The third-order valence-electron chi connectivity index (χ3n) is 2.93. The monoisotopic (exact) mass is 288 g/mol. The van der Waals surface area contributed by atoms with Gasteiger partial charge >= 0.3 is 0 Å². The first-order valence-electron chi connectivity index (χ1n) is 5.62. The van der Waals surface area contributed by atoms with Crippen molar-refractivity contribution in [3.63, 3.8) is 0 Å². The summed E-state index contributed by atoms with van der Waals surface area (Å²) in [5.41, 5.74) is 2.33. The molecule has 3 amide bonds. The minimum absolute atomic E-state index is 0.238. The summed E-state index contributed by atoms with van der Waals surface area (Å²) in [6.07, 6.45) is 0. The van der Waals surface area contributed by atoms with E-state index in [9.17, 15) is 14.4 Å². The number of carbonyl (C=O) groups excluding carboxylic acids is 3. The van der Waals surface area contributed by atoms with Crippen LogP contribution in [0.3, 0.4) is 0 Å². The zero-order valence-electron chi connectivity index (χ0n) is 10.3. The Labute approximate surface area is 117 Å². The normalized spacial score (nSPS) is 13.6. The zero-order valence-corrected chi connectivity index (χ0v) is 11.1. The summed E-state index contributed by atoms with van der Waals surface area (Å²) in [5.74, 6) is -1.17. The van der Waals surface area contributed by atoms with Crippen LogP contribution < -0.4 is 5.32 Å². The SMILES string of the molecule is CN1C(=O)c2ccc(C(=O)Nc3nncs3)cc2C1=O. The summed E-state index contributed by atoms with van der Waals surface area (Å²) >= 11 is 1.19. The third kappa shape index (κ3) is 1.86. The van der Waals surface area contributed by atoms with Gasteiger partial charge < -0.3 is 0 Å². The number of benzene rings is 1. The van der Waals surface area contributed by atoms with Crippen LogP contribution in [0, 0.1) is 0 Å². The molecule has 2 heterocycles. The third-order valence-corrected chi connectivity index (χ3v) is 3.54. The lowest BCUT2D eigenvalue weighted by atomic mass is 10.1. The van der Waals surface area contributed by atoms with E-state index in [1.807, 2.05) is 0 Å². The molecule has 1 N–H and O–H groups in total. The number of hydrogen-bond donors (Lipinski definition) is 1. The van der Waals surface area contributed by atoms with Crippen LogP contribution in [0.4, 0.5) is 5.13 Å². The maximum atomic E-state index is 12.0. The number of aromatic nitrogens is 2. The van der Waals surface area contributed by atoms with Crippen molar-refractivity contribution in [3.05, 3.63) is 40.4 Å². The van der Waals surface area contributed by atoms with Gasteiger partial charge in [-0.3, -0.25) is 24.6 Å². The van der Waals surface area contributed by atoms with Crippen molar-refractivity contribution < 1.29 is 14.4 Å². The fourth-order valence-corrected chi connectivity index (χ4v) is 2.34. The lowest BCUT2D eigenvalue weighted by molar-refractivity contribution is 0.0693. The average Bonchev–Trinajstić information content (AvgIpc) is 3.03. The summed E-state index contributed by atoms with van der Waals surface area (Å²) < 4.78 is 0. The molecule has 1 aliphatic rings. The van der Waals surface area contributed by atoms with Crippen molar-refractivity contribution in [2.45, 2.75) is 0 Å². The smallest absolute Gasteiger partial charge is 0.261 e. The van der Waals surface area contributed by atoms with Gasteiger partial charge in [0.05, 0.1) is 11.1 Å². The van der Waals surface area contributed by atoms with E-state index >= 15 is 0 Å². The zero-order chi connectivity index (χ0) is 14.3. The van der Waals surface area contributed by atoms with Gasteiger partial charge in [-0.2, -0.15) is 0 Å². The molecule has 0 unspecified atom stereocenters. The number of nitrogens with zero attached hydrogens (tertiary/aromatic N) is 3. The number of imide groups is 1. The molecule has 0 fully saturated rings. The molecule has 7 nitrogen and oxygen atoms in total. The Morgan fingerprint density at radius 2 is 2.00 bits per heavy atom. The molecule has 8 heteroatoms. The standard InChI is InChI=1S/C12H8N4O3S/c1-16-10(18)7-3-2-6(4-8(7)11(16)19)9(17)14-12-15-13-5-20-12/h2-5H,1H3,(H,14,15,17). The van der Waals surface area contributed by atoms with Gasteiger partial charge in [-0.25, -0.2) is 0 Å². The van der Waals surface area contributed by atoms with E-state index in [4.69, 9.17) is 0 Å². The molecule has 0 aliphatic carbocycles. The van der Waals surface area contributed by atoms with E-state index in [-0.39, 0.29) is 17.0 Å². The molecule has 0 saturated heterocycles. The predicted octanol–water partition coefficient (Wildman–Crippen LogP) is 1.02. The molecule has 100 valence electrons. The van der Waals surface area contributed by atoms with Crippen LogP contribution in [-0.4, -0.2) is 39.9 Å². The summed E-state index contributed by atoms with van der Waals surface area (Å²) in [7, 11) is 1.41. The lowest BCUT2D eigenvalue weighted by Crippen LogP contribution is -2.24. The van der Waals surface area contributed by atoms with E-state index in [1.54, 1.807) is 0 Å². The van der Waals surface area contributed by atoms with Crippen LogP contribution >= 0.6 is 11.3 Å². The number of anilines is 1. The molecular formula is C12H8N4O3S. The highest BCUT2D eigenvalue weighted by Crippen LogP contribution is 2.23. The van der Waals surface area contributed by atoms with E-state index in [1.165, 1.54) is 42.1 Å². The highest BCUT2D eigenvalue weighted by atomic mass is 32.1. The van der Waals surface area contributed by atoms with Crippen molar-refractivity contribution in [2.75, 3.05) is 12.4 Å². The van der Waals surface area contributed by atoms with Gasteiger partial charge in [0, 0.05) is 12.6 Å². The quantitative estimate of drug-likeness (QED) is 0.833. The predicted molar refractivity (Wildman–Crippen MR) is 70.7 cm³/mol. The van der Waals surface area contributed by atoms with Crippen LogP contribution in [0.5, 0.6) is 0 Å². The highest BCUT2D eigenvalue weighted by molar-refractivity contribution is 7.13. The lowest BCUT2D eigenvalue weighted by Gasteiger charge is -2.03. The Bertz CT molecular complexity index is 726. The van der Waals surface area contributed by atoms with E-state index in [0.717, 1.165) is 4.90 Å². The second kappa shape index (κ2) is 4.49. The molecule has 2 aromatic rings. The van der Waals surface area contributed by atoms with E-state index < -0.39 is 11.8 Å². The van der Waals surface area contributed by atoms with Crippen molar-refractivity contribution in [2.24, 2.45) is 0 Å². The van der Waals surface area contributed by atoms with Crippen molar-refractivity contribution in [1.82, 2.24) is 15.1 Å². The van der Waals surface area contributed by atoms with Crippen molar-refractivity contribution in [3.8, 4) is 0 Å². The number of hydrogen-bond acceptors (Lipinski definition) is 6. The first-order valence-corrected chi connectivity index (χ1v) is 6.50. The van der Waals surface area contributed by atoms with Gasteiger partial charge in [0.15, 0.2) is 0 Å². The van der Waals surface area contributed by atoms with Gasteiger partial charge in [0.1, 0.15) is 5.51 Å².